The van der Waals surface area contributed by atoms with E-state index < -0.39 is 13.3 Å². The Morgan fingerprint density at radius 1 is 1.09 bits per heavy atom. The first kappa shape index (κ1) is 18.2. The zero-order chi connectivity index (χ0) is 17.3. The third-order valence-corrected chi connectivity index (χ3v) is 6.31. The highest BCUT2D eigenvalue weighted by Crippen LogP contribution is 2.63. The summed E-state index contributed by atoms with van der Waals surface area (Å²) in [6, 6.07) is 9.36. The standard InChI is InChI=1S/C17H26NO4P/c1-6-21-23(20,22-7-2)15-14(13-11-9-8-10-12-13)18(16(15)19)17(3,4)5/h8-12,14-15H,6-7H2,1-5H3. The van der Waals surface area contributed by atoms with E-state index in [1.54, 1.807) is 18.7 Å². The van der Waals surface area contributed by atoms with E-state index in [1.807, 2.05) is 51.1 Å². The van der Waals surface area contributed by atoms with Gasteiger partial charge in [-0.3, -0.25) is 9.36 Å². The van der Waals surface area contributed by atoms with E-state index in [0.29, 0.717) is 0 Å². The molecule has 2 atom stereocenters. The molecular weight excluding hydrogens is 313 g/mol. The second-order valence-corrected chi connectivity index (χ2v) is 8.71. The molecule has 0 N–H and O–H groups in total. The molecule has 6 heteroatoms. The van der Waals surface area contributed by atoms with Crippen LogP contribution in [0.1, 0.15) is 46.2 Å². The number of rotatable bonds is 6. The molecule has 1 saturated heterocycles. The van der Waals surface area contributed by atoms with Gasteiger partial charge in [-0.25, -0.2) is 0 Å². The van der Waals surface area contributed by atoms with Gasteiger partial charge in [0.2, 0.25) is 5.91 Å². The molecule has 128 valence electrons. The third kappa shape index (κ3) is 3.37. The van der Waals surface area contributed by atoms with Gasteiger partial charge in [-0.1, -0.05) is 30.3 Å². The highest BCUT2D eigenvalue weighted by atomic mass is 31.2. The van der Waals surface area contributed by atoms with E-state index in [9.17, 15) is 9.36 Å². The monoisotopic (exact) mass is 339 g/mol. The highest BCUT2D eigenvalue weighted by molar-refractivity contribution is 7.56. The minimum atomic E-state index is -3.50. The normalized spacial score (nSPS) is 22.1. The van der Waals surface area contributed by atoms with Gasteiger partial charge in [0.05, 0.1) is 19.3 Å². The van der Waals surface area contributed by atoms with Gasteiger partial charge in [-0.15, -0.1) is 0 Å². The fraction of sp³-hybridized carbons (Fsp3) is 0.588. The van der Waals surface area contributed by atoms with Crippen molar-refractivity contribution in [3.8, 4) is 0 Å². The molecule has 5 nitrogen and oxygen atoms in total. The van der Waals surface area contributed by atoms with Gasteiger partial charge in [0.15, 0.2) is 5.66 Å². The average Bonchev–Trinajstić information content (AvgIpc) is 2.44. The molecule has 1 amide bonds. The first-order valence-corrected chi connectivity index (χ1v) is 9.64. The van der Waals surface area contributed by atoms with Gasteiger partial charge < -0.3 is 13.9 Å². The van der Waals surface area contributed by atoms with Crippen molar-refractivity contribution in [2.45, 2.75) is 51.9 Å². The largest absolute Gasteiger partial charge is 0.345 e. The van der Waals surface area contributed by atoms with Gasteiger partial charge in [-0.05, 0) is 40.2 Å². The maximum Gasteiger partial charge on any atom is 0.345 e. The summed E-state index contributed by atoms with van der Waals surface area (Å²) >= 11 is 0. The summed E-state index contributed by atoms with van der Waals surface area (Å²) in [6.45, 7) is 9.94. The van der Waals surface area contributed by atoms with Crippen LogP contribution in [-0.2, 0) is 18.4 Å². The van der Waals surface area contributed by atoms with Crippen molar-refractivity contribution in [2.24, 2.45) is 0 Å². The zero-order valence-electron chi connectivity index (χ0n) is 14.5. The molecule has 1 aromatic carbocycles. The molecule has 0 aliphatic carbocycles. The SMILES string of the molecule is CCOP(=O)(OCC)C1C(=O)N(C(C)(C)C)C1c1ccccc1. The molecule has 0 spiro atoms. The first-order valence-electron chi connectivity index (χ1n) is 8.03. The molecular formula is C17H26NO4P. The Morgan fingerprint density at radius 3 is 2.04 bits per heavy atom. The summed E-state index contributed by atoms with van der Waals surface area (Å²) in [6.07, 6.45) is 0. The van der Waals surface area contributed by atoms with Gasteiger partial charge >= 0.3 is 7.60 Å². The number of benzene rings is 1. The maximum atomic E-state index is 13.2. The predicted molar refractivity (Wildman–Crippen MR) is 90.4 cm³/mol. The Labute approximate surface area is 138 Å². The van der Waals surface area contributed by atoms with E-state index in [2.05, 4.69) is 0 Å². The van der Waals surface area contributed by atoms with E-state index >= 15 is 0 Å². The Bertz CT molecular complexity index is 586. The molecule has 23 heavy (non-hydrogen) atoms. The predicted octanol–water partition coefficient (Wildman–Crippen LogP) is 4.00. The van der Waals surface area contributed by atoms with Crippen LogP contribution in [0.4, 0.5) is 0 Å². The molecule has 1 aliphatic heterocycles. The van der Waals surface area contributed by atoms with E-state index in [0.717, 1.165) is 5.56 Å². The number of hydrogen-bond acceptors (Lipinski definition) is 4. The number of nitrogens with zero attached hydrogens (tertiary/aromatic N) is 1. The van der Waals surface area contributed by atoms with Gasteiger partial charge in [0.1, 0.15) is 0 Å². The van der Waals surface area contributed by atoms with E-state index in [-0.39, 0.29) is 30.7 Å². The number of carbonyl (C=O) groups excluding carboxylic acids is 1. The number of likely N-dealkylation sites (tertiary alicyclic amines) is 1. The summed E-state index contributed by atoms with van der Waals surface area (Å²) in [5.74, 6) is -0.170. The van der Waals surface area contributed by atoms with Crippen molar-refractivity contribution >= 4 is 13.5 Å². The Hall–Kier alpha value is -1.16. The molecule has 1 aromatic rings. The molecule has 1 aliphatic rings. The molecule has 1 fully saturated rings. The first-order chi connectivity index (χ1) is 10.8. The molecule has 1 heterocycles. The average molecular weight is 339 g/mol. The van der Waals surface area contributed by atoms with Crippen LogP contribution >= 0.6 is 7.60 Å². The van der Waals surface area contributed by atoms with Crippen molar-refractivity contribution in [1.29, 1.82) is 0 Å². The van der Waals surface area contributed by atoms with Crippen LogP contribution < -0.4 is 0 Å². The molecule has 0 radical (unpaired) electrons. The molecule has 0 saturated carbocycles. The van der Waals surface area contributed by atoms with Crippen LogP contribution in [0.15, 0.2) is 30.3 Å². The van der Waals surface area contributed by atoms with E-state index in [1.165, 1.54) is 0 Å². The number of β-lactam (4-membered cyclic amide) rings is 1. The lowest BCUT2D eigenvalue weighted by Gasteiger charge is -2.54. The Balaban J connectivity index is 2.45. The number of hydrogen-bond donors (Lipinski definition) is 0. The van der Waals surface area contributed by atoms with Gasteiger partial charge in [0.25, 0.3) is 0 Å². The van der Waals surface area contributed by atoms with Crippen LogP contribution in [0.5, 0.6) is 0 Å². The zero-order valence-corrected chi connectivity index (χ0v) is 15.4. The lowest BCUT2D eigenvalue weighted by Crippen LogP contribution is -2.65. The molecule has 2 rings (SSSR count). The fourth-order valence-electron chi connectivity index (χ4n) is 3.07. The summed E-state index contributed by atoms with van der Waals surface area (Å²) in [7, 11) is -3.50. The summed E-state index contributed by atoms with van der Waals surface area (Å²) in [5.41, 5.74) is -0.187. The van der Waals surface area contributed by atoms with Crippen LogP contribution in [-0.4, -0.2) is 35.2 Å². The molecule has 0 bridgehead atoms. The second kappa shape index (κ2) is 6.76. The lowest BCUT2D eigenvalue weighted by molar-refractivity contribution is -0.154. The van der Waals surface area contributed by atoms with Crippen molar-refractivity contribution < 1.29 is 18.4 Å². The highest BCUT2D eigenvalue weighted by Gasteiger charge is 2.61. The second-order valence-electron chi connectivity index (χ2n) is 6.55. The van der Waals surface area contributed by atoms with E-state index in [4.69, 9.17) is 9.05 Å². The van der Waals surface area contributed by atoms with Crippen molar-refractivity contribution in [2.75, 3.05) is 13.2 Å². The van der Waals surface area contributed by atoms with Crippen LogP contribution in [0.3, 0.4) is 0 Å². The van der Waals surface area contributed by atoms with Gasteiger partial charge in [-0.2, -0.15) is 0 Å². The quantitative estimate of drug-likeness (QED) is 0.580. The smallest absolute Gasteiger partial charge is 0.328 e. The van der Waals surface area contributed by atoms with Gasteiger partial charge in [0, 0.05) is 5.54 Å². The molecule has 0 aromatic heterocycles. The summed E-state index contributed by atoms with van der Waals surface area (Å²) < 4.78 is 24.1. The Kier molecular flexibility index (Phi) is 5.34. The van der Waals surface area contributed by atoms with Crippen molar-refractivity contribution in [3.05, 3.63) is 35.9 Å². The third-order valence-electron chi connectivity index (χ3n) is 3.89. The molecule has 2 unspecified atom stereocenters. The summed E-state index contributed by atoms with van der Waals surface area (Å²) in [5, 5.41) is 0. The maximum absolute atomic E-state index is 13.2. The van der Waals surface area contributed by atoms with Crippen molar-refractivity contribution in [3.63, 3.8) is 0 Å². The minimum Gasteiger partial charge on any atom is -0.328 e. The topological polar surface area (TPSA) is 55.8 Å². The number of carbonyl (C=O) groups is 1. The number of amides is 1. The van der Waals surface area contributed by atoms with Crippen molar-refractivity contribution in [1.82, 2.24) is 4.90 Å². The Morgan fingerprint density at radius 2 is 1.61 bits per heavy atom. The van der Waals surface area contributed by atoms with Crippen LogP contribution in [0.2, 0.25) is 0 Å². The van der Waals surface area contributed by atoms with Crippen LogP contribution in [0, 0.1) is 0 Å². The van der Waals surface area contributed by atoms with Crippen LogP contribution in [0.25, 0.3) is 0 Å². The summed E-state index contributed by atoms with van der Waals surface area (Å²) in [4.78, 5) is 14.6. The minimum absolute atomic E-state index is 0.170. The fourth-order valence-corrected chi connectivity index (χ4v) is 5.23. The lowest BCUT2D eigenvalue weighted by atomic mass is 9.87.